The lowest BCUT2D eigenvalue weighted by Crippen LogP contribution is -2.26. The van der Waals surface area contributed by atoms with E-state index in [0.29, 0.717) is 11.5 Å². The molecule has 0 fully saturated rings. The fraction of sp³-hybridized carbons (Fsp3) is 0.222. The van der Waals surface area contributed by atoms with Crippen molar-refractivity contribution in [3.05, 3.63) is 54.1 Å². The summed E-state index contributed by atoms with van der Waals surface area (Å²) in [6, 6.07) is 14.9. The first kappa shape index (κ1) is 17.3. The molecule has 2 aromatic carbocycles. The van der Waals surface area contributed by atoms with E-state index < -0.39 is 0 Å². The van der Waals surface area contributed by atoms with Gasteiger partial charge in [0.25, 0.3) is 5.91 Å². The standard InChI is InChI=1S/C18H21N3O3/c1-13(14-7-6-8-15(11-14)23-2)20-21-18(22)12-19-16-9-4-5-10-17(16)24-3/h4-11,19H,12H2,1-3H3,(H,21,22)/b20-13-. The Hall–Kier alpha value is -3.02. The van der Waals surface area contributed by atoms with E-state index in [1.54, 1.807) is 14.2 Å². The maximum Gasteiger partial charge on any atom is 0.259 e. The van der Waals surface area contributed by atoms with Crippen LogP contribution >= 0.6 is 0 Å². The third-order valence-corrected chi connectivity index (χ3v) is 3.38. The molecule has 24 heavy (non-hydrogen) atoms. The number of carbonyl (C=O) groups is 1. The number of nitrogens with one attached hydrogen (secondary N) is 2. The Labute approximate surface area is 141 Å². The number of benzene rings is 2. The predicted octanol–water partition coefficient (Wildman–Crippen LogP) is 2.66. The lowest BCUT2D eigenvalue weighted by Gasteiger charge is -2.10. The number of ether oxygens (including phenoxy) is 2. The van der Waals surface area contributed by atoms with Gasteiger partial charge >= 0.3 is 0 Å². The summed E-state index contributed by atoms with van der Waals surface area (Å²) in [5.41, 5.74) is 4.86. The van der Waals surface area contributed by atoms with Crippen LogP contribution in [0.2, 0.25) is 0 Å². The van der Waals surface area contributed by atoms with Crippen LogP contribution in [-0.4, -0.2) is 32.4 Å². The second-order valence-corrected chi connectivity index (χ2v) is 5.02. The smallest absolute Gasteiger partial charge is 0.259 e. The maximum absolute atomic E-state index is 11.9. The molecule has 0 aliphatic carbocycles. The lowest BCUT2D eigenvalue weighted by atomic mass is 10.1. The summed E-state index contributed by atoms with van der Waals surface area (Å²) in [5, 5.41) is 7.13. The highest BCUT2D eigenvalue weighted by molar-refractivity contribution is 5.99. The zero-order valence-corrected chi connectivity index (χ0v) is 14.0. The van der Waals surface area contributed by atoms with Crippen molar-refractivity contribution in [3.63, 3.8) is 0 Å². The third-order valence-electron chi connectivity index (χ3n) is 3.38. The van der Waals surface area contributed by atoms with Gasteiger partial charge in [0.15, 0.2) is 0 Å². The van der Waals surface area contributed by atoms with Gasteiger partial charge in [-0.2, -0.15) is 5.10 Å². The highest BCUT2D eigenvalue weighted by atomic mass is 16.5. The average Bonchev–Trinajstić information content (AvgIpc) is 2.64. The second kappa shape index (κ2) is 8.57. The Morgan fingerprint density at radius 3 is 2.62 bits per heavy atom. The molecule has 6 nitrogen and oxygen atoms in total. The van der Waals surface area contributed by atoms with E-state index in [-0.39, 0.29) is 12.5 Å². The minimum atomic E-state index is -0.247. The van der Waals surface area contributed by atoms with Crippen LogP contribution in [0.4, 0.5) is 5.69 Å². The van der Waals surface area contributed by atoms with Gasteiger partial charge in [0.05, 0.1) is 32.2 Å². The van der Waals surface area contributed by atoms with Crippen molar-refractivity contribution in [2.75, 3.05) is 26.1 Å². The molecule has 1 amide bonds. The van der Waals surface area contributed by atoms with E-state index in [1.165, 1.54) is 0 Å². The Balaban J connectivity index is 1.92. The molecule has 2 N–H and O–H groups in total. The Bertz CT molecular complexity index is 729. The molecule has 0 unspecified atom stereocenters. The summed E-state index contributed by atoms with van der Waals surface area (Å²) in [5.74, 6) is 1.18. The number of hydrogen-bond donors (Lipinski definition) is 2. The number of carbonyl (C=O) groups excluding carboxylic acids is 1. The molecule has 0 saturated heterocycles. The quantitative estimate of drug-likeness (QED) is 0.606. The Morgan fingerprint density at radius 2 is 1.88 bits per heavy atom. The van der Waals surface area contributed by atoms with Crippen molar-refractivity contribution in [3.8, 4) is 11.5 Å². The fourth-order valence-electron chi connectivity index (χ4n) is 2.06. The molecule has 0 saturated carbocycles. The summed E-state index contributed by atoms with van der Waals surface area (Å²) in [7, 11) is 3.19. The van der Waals surface area contributed by atoms with Gasteiger partial charge in [-0.25, -0.2) is 5.43 Å². The van der Waals surface area contributed by atoms with Crippen LogP contribution in [0.25, 0.3) is 0 Å². The summed E-state index contributed by atoms with van der Waals surface area (Å²) >= 11 is 0. The molecule has 0 atom stereocenters. The molecular formula is C18H21N3O3. The monoisotopic (exact) mass is 327 g/mol. The van der Waals surface area contributed by atoms with Crippen molar-refractivity contribution in [1.82, 2.24) is 5.43 Å². The molecule has 6 heteroatoms. The molecule has 0 aliphatic rings. The van der Waals surface area contributed by atoms with E-state index in [1.807, 2.05) is 55.5 Å². The number of para-hydroxylation sites is 2. The van der Waals surface area contributed by atoms with Gasteiger partial charge in [-0.3, -0.25) is 4.79 Å². The van der Waals surface area contributed by atoms with Gasteiger partial charge < -0.3 is 14.8 Å². The van der Waals surface area contributed by atoms with Crippen LogP contribution in [0.3, 0.4) is 0 Å². The van der Waals surface area contributed by atoms with Crippen LogP contribution in [0.1, 0.15) is 12.5 Å². The third kappa shape index (κ3) is 4.74. The zero-order valence-electron chi connectivity index (χ0n) is 14.0. The van der Waals surface area contributed by atoms with Gasteiger partial charge in [0.2, 0.25) is 0 Å². The number of anilines is 1. The van der Waals surface area contributed by atoms with Crippen molar-refractivity contribution in [2.24, 2.45) is 5.10 Å². The number of hydrogen-bond acceptors (Lipinski definition) is 5. The van der Waals surface area contributed by atoms with Crippen molar-refractivity contribution < 1.29 is 14.3 Å². The molecule has 0 heterocycles. The highest BCUT2D eigenvalue weighted by Gasteiger charge is 2.05. The summed E-state index contributed by atoms with van der Waals surface area (Å²) in [4.78, 5) is 11.9. The highest BCUT2D eigenvalue weighted by Crippen LogP contribution is 2.22. The lowest BCUT2D eigenvalue weighted by molar-refractivity contribution is -0.119. The molecule has 0 bridgehead atoms. The predicted molar refractivity (Wildman–Crippen MR) is 94.8 cm³/mol. The first-order chi connectivity index (χ1) is 11.6. The van der Waals surface area contributed by atoms with Gasteiger partial charge in [0, 0.05) is 5.56 Å². The molecule has 0 aromatic heterocycles. The van der Waals surface area contributed by atoms with E-state index in [9.17, 15) is 4.79 Å². The van der Waals surface area contributed by atoms with E-state index in [2.05, 4.69) is 15.8 Å². The normalized spacial score (nSPS) is 10.9. The summed E-state index contributed by atoms with van der Waals surface area (Å²) in [6.07, 6.45) is 0. The van der Waals surface area contributed by atoms with Crippen molar-refractivity contribution >= 4 is 17.3 Å². The number of amides is 1. The first-order valence-electron chi connectivity index (χ1n) is 7.48. The minimum absolute atomic E-state index is 0.0925. The first-order valence-corrected chi connectivity index (χ1v) is 7.48. The number of nitrogens with zero attached hydrogens (tertiary/aromatic N) is 1. The van der Waals surface area contributed by atoms with E-state index in [4.69, 9.17) is 9.47 Å². The zero-order chi connectivity index (χ0) is 17.4. The van der Waals surface area contributed by atoms with Crippen LogP contribution in [-0.2, 0) is 4.79 Å². The molecule has 0 aliphatic heterocycles. The second-order valence-electron chi connectivity index (χ2n) is 5.02. The van der Waals surface area contributed by atoms with Crippen molar-refractivity contribution in [2.45, 2.75) is 6.92 Å². The van der Waals surface area contributed by atoms with Crippen LogP contribution in [0.5, 0.6) is 11.5 Å². The molecular weight excluding hydrogens is 306 g/mol. The Morgan fingerprint density at radius 1 is 1.08 bits per heavy atom. The topological polar surface area (TPSA) is 72.0 Å². The largest absolute Gasteiger partial charge is 0.497 e. The SMILES string of the molecule is COc1cccc(/C(C)=N\NC(=O)CNc2ccccc2OC)c1. The number of hydrazone groups is 1. The number of rotatable bonds is 7. The van der Waals surface area contributed by atoms with E-state index >= 15 is 0 Å². The number of methoxy groups -OCH3 is 2. The fourth-order valence-corrected chi connectivity index (χ4v) is 2.06. The molecule has 2 aromatic rings. The molecule has 126 valence electrons. The van der Waals surface area contributed by atoms with Gasteiger partial charge in [-0.05, 0) is 31.2 Å². The van der Waals surface area contributed by atoms with E-state index in [0.717, 1.165) is 17.0 Å². The van der Waals surface area contributed by atoms with Crippen LogP contribution in [0, 0.1) is 0 Å². The van der Waals surface area contributed by atoms with Crippen molar-refractivity contribution in [1.29, 1.82) is 0 Å². The molecule has 0 radical (unpaired) electrons. The van der Waals surface area contributed by atoms with Crippen LogP contribution in [0.15, 0.2) is 53.6 Å². The molecule has 0 spiro atoms. The average molecular weight is 327 g/mol. The van der Waals surface area contributed by atoms with Gasteiger partial charge in [-0.15, -0.1) is 0 Å². The summed E-state index contributed by atoms with van der Waals surface area (Å²) < 4.78 is 10.4. The minimum Gasteiger partial charge on any atom is -0.497 e. The Kier molecular flexibility index (Phi) is 6.19. The molecule has 2 rings (SSSR count). The van der Waals surface area contributed by atoms with Crippen LogP contribution < -0.4 is 20.2 Å². The van der Waals surface area contributed by atoms with Gasteiger partial charge in [-0.1, -0.05) is 24.3 Å². The summed E-state index contributed by atoms with van der Waals surface area (Å²) in [6.45, 7) is 1.91. The maximum atomic E-state index is 11.9. The van der Waals surface area contributed by atoms with Gasteiger partial charge in [0.1, 0.15) is 11.5 Å².